The highest BCUT2D eigenvalue weighted by Crippen LogP contribution is 2.49. The minimum atomic E-state index is -1.40. The molecule has 10 nitrogen and oxygen atoms in total. The number of hydrogen-bond acceptors (Lipinski definition) is 8. The van der Waals surface area contributed by atoms with Crippen LogP contribution in [0.5, 0.6) is 23.0 Å². The Kier molecular flexibility index (Phi) is 8.93. The van der Waals surface area contributed by atoms with E-state index in [1.807, 2.05) is 0 Å². The summed E-state index contributed by atoms with van der Waals surface area (Å²) in [6, 6.07) is 14.0. The SMILES string of the molecule is COc1cc2c(Oc3ccc(N(C(=O)C4(C(N)=O)CC4)c4ccc(F)cc4)cc3F)ccnc2cc1OCCC(OC)OC. The van der Waals surface area contributed by atoms with Gasteiger partial charge in [0.15, 0.2) is 29.4 Å². The van der Waals surface area contributed by atoms with Gasteiger partial charge in [0.1, 0.15) is 17.0 Å². The van der Waals surface area contributed by atoms with Gasteiger partial charge in [0.2, 0.25) is 11.8 Å². The first-order valence-corrected chi connectivity index (χ1v) is 13.7. The number of anilines is 2. The van der Waals surface area contributed by atoms with Crippen molar-refractivity contribution in [1.29, 1.82) is 0 Å². The molecule has 1 heterocycles. The van der Waals surface area contributed by atoms with E-state index in [1.165, 1.54) is 54.6 Å². The highest BCUT2D eigenvalue weighted by molar-refractivity contribution is 6.16. The Hall–Kier alpha value is -4.81. The molecule has 0 spiro atoms. The maximum absolute atomic E-state index is 15.6. The number of halogens is 2. The predicted octanol–water partition coefficient (Wildman–Crippen LogP) is 5.63. The molecule has 1 saturated carbocycles. The molecular weight excluding hydrogens is 576 g/mol. The van der Waals surface area contributed by atoms with Crippen LogP contribution in [0.15, 0.2) is 66.9 Å². The number of primary amides is 1. The molecular formula is C32H31F2N3O7. The van der Waals surface area contributed by atoms with Crippen molar-refractivity contribution in [2.45, 2.75) is 25.6 Å². The van der Waals surface area contributed by atoms with Gasteiger partial charge >= 0.3 is 0 Å². The van der Waals surface area contributed by atoms with E-state index >= 15 is 4.39 Å². The van der Waals surface area contributed by atoms with Gasteiger partial charge in [-0.05, 0) is 61.4 Å². The summed E-state index contributed by atoms with van der Waals surface area (Å²) in [5.41, 5.74) is 5.03. The van der Waals surface area contributed by atoms with E-state index in [2.05, 4.69) is 4.98 Å². The molecule has 2 amide bonds. The largest absolute Gasteiger partial charge is 0.493 e. The molecule has 0 saturated heterocycles. The van der Waals surface area contributed by atoms with Crippen LogP contribution in [0.25, 0.3) is 10.9 Å². The number of nitrogens with two attached hydrogens (primary N) is 1. The first kappa shape index (κ1) is 30.6. The van der Waals surface area contributed by atoms with Crippen molar-refractivity contribution in [3.05, 3.63) is 78.5 Å². The zero-order chi connectivity index (χ0) is 31.4. The van der Waals surface area contributed by atoms with E-state index in [0.717, 1.165) is 6.07 Å². The lowest BCUT2D eigenvalue weighted by Gasteiger charge is -2.26. The number of carbonyl (C=O) groups is 2. The van der Waals surface area contributed by atoms with E-state index in [4.69, 9.17) is 29.4 Å². The van der Waals surface area contributed by atoms with Crippen LogP contribution in [-0.4, -0.2) is 51.0 Å². The van der Waals surface area contributed by atoms with Gasteiger partial charge in [0, 0.05) is 50.0 Å². The summed E-state index contributed by atoms with van der Waals surface area (Å²) in [5, 5.41) is 0.534. The van der Waals surface area contributed by atoms with Crippen molar-refractivity contribution >= 4 is 34.1 Å². The normalized spacial score (nSPS) is 13.5. The molecule has 1 aromatic heterocycles. The number of amides is 2. The van der Waals surface area contributed by atoms with Crippen molar-refractivity contribution in [2.75, 3.05) is 32.8 Å². The number of pyridine rings is 1. The van der Waals surface area contributed by atoms with Crippen LogP contribution in [0.2, 0.25) is 0 Å². The predicted molar refractivity (Wildman–Crippen MR) is 157 cm³/mol. The van der Waals surface area contributed by atoms with Gasteiger partial charge in [-0.1, -0.05) is 0 Å². The molecule has 0 aliphatic heterocycles. The van der Waals surface area contributed by atoms with Gasteiger partial charge in [0.25, 0.3) is 0 Å². The lowest BCUT2D eigenvalue weighted by Crippen LogP contribution is -2.41. The number of ether oxygens (including phenoxy) is 5. The van der Waals surface area contributed by atoms with Gasteiger partial charge in [-0.2, -0.15) is 0 Å². The van der Waals surface area contributed by atoms with Crippen molar-refractivity contribution in [2.24, 2.45) is 11.1 Å². The molecule has 12 heteroatoms. The monoisotopic (exact) mass is 607 g/mol. The topological polar surface area (TPSA) is 122 Å². The van der Waals surface area contributed by atoms with Crippen LogP contribution in [-0.2, 0) is 19.1 Å². The molecule has 2 N–H and O–H groups in total. The molecule has 0 bridgehead atoms. The first-order chi connectivity index (χ1) is 21.2. The van der Waals surface area contributed by atoms with Crippen molar-refractivity contribution in [3.8, 4) is 23.0 Å². The quantitative estimate of drug-likeness (QED) is 0.153. The average Bonchev–Trinajstić information content (AvgIpc) is 3.84. The van der Waals surface area contributed by atoms with Gasteiger partial charge < -0.3 is 29.4 Å². The molecule has 0 atom stereocenters. The summed E-state index contributed by atoms with van der Waals surface area (Å²) in [6.45, 7) is 0.292. The molecule has 4 aromatic rings. The van der Waals surface area contributed by atoms with Gasteiger partial charge in [-0.15, -0.1) is 0 Å². The second kappa shape index (κ2) is 12.8. The van der Waals surface area contributed by atoms with Crippen LogP contribution < -0.4 is 24.8 Å². The van der Waals surface area contributed by atoms with Gasteiger partial charge in [0.05, 0.1) is 24.9 Å². The number of hydrogen-bond donors (Lipinski definition) is 1. The smallest absolute Gasteiger partial charge is 0.247 e. The summed E-state index contributed by atoms with van der Waals surface area (Å²) >= 11 is 0. The third-order valence-electron chi connectivity index (χ3n) is 7.44. The molecule has 3 aromatic carbocycles. The second-order valence-electron chi connectivity index (χ2n) is 10.1. The Labute approximate surface area is 252 Å². The molecule has 1 aliphatic rings. The summed E-state index contributed by atoms with van der Waals surface area (Å²) in [6.07, 6.45) is 2.12. The fourth-order valence-corrected chi connectivity index (χ4v) is 4.80. The Bertz CT molecular complexity index is 1680. The first-order valence-electron chi connectivity index (χ1n) is 13.7. The number of carbonyl (C=O) groups excluding carboxylic acids is 2. The minimum absolute atomic E-state index is 0.117. The van der Waals surface area contributed by atoms with Crippen molar-refractivity contribution in [3.63, 3.8) is 0 Å². The van der Waals surface area contributed by atoms with Crippen LogP contribution in [0.4, 0.5) is 20.2 Å². The fourth-order valence-electron chi connectivity index (χ4n) is 4.80. The van der Waals surface area contributed by atoms with Gasteiger partial charge in [-0.25, -0.2) is 8.78 Å². The molecule has 44 heavy (non-hydrogen) atoms. The molecule has 0 unspecified atom stereocenters. The number of nitrogens with zero attached hydrogens (tertiary/aromatic N) is 2. The van der Waals surface area contributed by atoms with Crippen molar-refractivity contribution < 1.29 is 42.1 Å². The summed E-state index contributed by atoms with van der Waals surface area (Å²) in [7, 11) is 4.58. The summed E-state index contributed by atoms with van der Waals surface area (Å²) in [5.74, 6) is -1.66. The maximum Gasteiger partial charge on any atom is 0.247 e. The lowest BCUT2D eigenvalue weighted by molar-refractivity contribution is -0.133. The highest BCUT2D eigenvalue weighted by Gasteiger charge is 2.57. The second-order valence-corrected chi connectivity index (χ2v) is 10.1. The Balaban J connectivity index is 1.43. The number of benzene rings is 3. The van der Waals surface area contributed by atoms with Crippen LogP contribution in [0, 0.1) is 17.0 Å². The fraction of sp³-hybridized carbons (Fsp3) is 0.281. The number of rotatable bonds is 13. The molecule has 1 fully saturated rings. The van der Waals surface area contributed by atoms with E-state index in [-0.39, 0.29) is 30.0 Å². The molecule has 0 radical (unpaired) electrons. The third kappa shape index (κ3) is 6.12. The van der Waals surface area contributed by atoms with Crippen LogP contribution >= 0.6 is 0 Å². The zero-order valence-electron chi connectivity index (χ0n) is 24.3. The Morgan fingerprint density at radius 2 is 1.61 bits per heavy atom. The van der Waals surface area contributed by atoms with Crippen molar-refractivity contribution in [1.82, 2.24) is 4.98 Å². The maximum atomic E-state index is 15.6. The van der Waals surface area contributed by atoms with Crippen LogP contribution in [0.1, 0.15) is 19.3 Å². The molecule has 1 aliphatic carbocycles. The van der Waals surface area contributed by atoms with Crippen LogP contribution in [0.3, 0.4) is 0 Å². The number of fused-ring (bicyclic) bond motifs is 1. The van der Waals surface area contributed by atoms with E-state index in [9.17, 15) is 14.0 Å². The minimum Gasteiger partial charge on any atom is -0.493 e. The Morgan fingerprint density at radius 3 is 2.23 bits per heavy atom. The number of methoxy groups -OCH3 is 3. The number of aromatic nitrogens is 1. The van der Waals surface area contributed by atoms with E-state index in [1.54, 1.807) is 32.4 Å². The molecule has 5 rings (SSSR count). The van der Waals surface area contributed by atoms with E-state index in [0.29, 0.717) is 41.2 Å². The third-order valence-corrected chi connectivity index (χ3v) is 7.44. The summed E-state index contributed by atoms with van der Waals surface area (Å²) in [4.78, 5) is 31.2. The highest BCUT2D eigenvalue weighted by atomic mass is 19.1. The average molecular weight is 608 g/mol. The van der Waals surface area contributed by atoms with Gasteiger partial charge in [-0.3, -0.25) is 19.5 Å². The standard InChI is InChI=1S/C32H31F2N3O7/c1-40-27-17-22-24(18-28(27)43-15-11-29(41-2)42-3)36-14-10-25(22)44-26-9-8-21(16-23(26)34)37(20-6-4-19(33)5-7-20)31(39)32(12-13-32)30(35)38/h4-10,14,16-18,29H,11-13,15H2,1-3H3,(H2,35,38). The summed E-state index contributed by atoms with van der Waals surface area (Å²) < 4.78 is 57.0. The van der Waals surface area contributed by atoms with E-state index < -0.39 is 35.2 Å². The lowest BCUT2D eigenvalue weighted by atomic mass is 10.0. The Morgan fingerprint density at radius 1 is 0.909 bits per heavy atom. The zero-order valence-corrected chi connectivity index (χ0v) is 24.3. The molecule has 230 valence electrons.